The van der Waals surface area contributed by atoms with Crippen molar-refractivity contribution in [2.75, 3.05) is 20.3 Å². The van der Waals surface area contributed by atoms with Gasteiger partial charge in [0.2, 0.25) is 0 Å². The van der Waals surface area contributed by atoms with E-state index in [0.29, 0.717) is 13.2 Å². The summed E-state index contributed by atoms with van der Waals surface area (Å²) in [5.41, 5.74) is 0.738. The fraction of sp³-hybridized carbons (Fsp3) is 0.545. The van der Waals surface area contributed by atoms with Crippen LogP contribution in [0.25, 0.3) is 0 Å². The number of rotatable bonds is 5. The molecule has 16 heavy (non-hydrogen) atoms. The fourth-order valence-corrected chi connectivity index (χ4v) is 2.71. The third-order valence-electron chi connectivity index (χ3n) is 2.36. The van der Waals surface area contributed by atoms with Crippen LogP contribution in [0.5, 0.6) is 0 Å². The normalized spacial score (nSPS) is 12.5. The molecule has 0 saturated carbocycles. The molecule has 0 bridgehead atoms. The quantitative estimate of drug-likeness (QED) is 0.837. The number of ether oxygens (including phenoxy) is 1. The molecule has 1 aromatic rings. The largest absolute Gasteiger partial charge is 0.383 e. The molecule has 0 fully saturated rings. The van der Waals surface area contributed by atoms with Gasteiger partial charge >= 0.3 is 0 Å². The summed E-state index contributed by atoms with van der Waals surface area (Å²) in [6.07, 6.45) is 0. The molecular weight excluding hydrogens is 290 g/mol. The van der Waals surface area contributed by atoms with E-state index in [0.717, 1.165) is 9.35 Å². The molecular formula is C11H16BrNO2S. The first-order valence-electron chi connectivity index (χ1n) is 5.14. The molecule has 1 unspecified atom stereocenters. The molecule has 1 amide bonds. The van der Waals surface area contributed by atoms with Gasteiger partial charge in [-0.2, -0.15) is 0 Å². The molecule has 3 nitrogen and oxygen atoms in total. The van der Waals surface area contributed by atoms with E-state index in [1.807, 2.05) is 30.2 Å². The summed E-state index contributed by atoms with van der Waals surface area (Å²) in [6, 6.07) is 1.95. The van der Waals surface area contributed by atoms with Gasteiger partial charge < -0.3 is 9.64 Å². The highest BCUT2D eigenvalue weighted by Crippen LogP contribution is 2.22. The number of thiophene rings is 1. The van der Waals surface area contributed by atoms with Crippen molar-refractivity contribution in [3.63, 3.8) is 0 Å². The van der Waals surface area contributed by atoms with Gasteiger partial charge in [0, 0.05) is 19.0 Å². The third kappa shape index (κ3) is 3.30. The van der Waals surface area contributed by atoms with E-state index in [9.17, 15) is 4.79 Å². The molecule has 90 valence electrons. The molecule has 0 aliphatic heterocycles. The van der Waals surface area contributed by atoms with E-state index in [-0.39, 0.29) is 11.9 Å². The monoisotopic (exact) mass is 305 g/mol. The second kappa shape index (κ2) is 6.37. The number of nitrogens with zero attached hydrogens (tertiary/aromatic N) is 1. The topological polar surface area (TPSA) is 29.5 Å². The van der Waals surface area contributed by atoms with E-state index in [1.54, 1.807) is 7.11 Å². The predicted octanol–water partition coefficient (Wildman–Crippen LogP) is 3.01. The van der Waals surface area contributed by atoms with Crippen LogP contribution in [0.1, 0.15) is 24.2 Å². The maximum atomic E-state index is 12.2. The number of amides is 1. The Labute approximate surface area is 109 Å². The third-order valence-corrected chi connectivity index (χ3v) is 3.86. The number of carbonyl (C=O) groups excluding carboxylic acids is 1. The molecule has 0 N–H and O–H groups in total. The first-order chi connectivity index (χ1) is 7.60. The van der Waals surface area contributed by atoms with Gasteiger partial charge in [0.15, 0.2) is 0 Å². The molecule has 0 radical (unpaired) electrons. The zero-order chi connectivity index (χ0) is 12.1. The number of carbonyl (C=O) groups is 1. The van der Waals surface area contributed by atoms with Crippen LogP contribution in [-0.2, 0) is 4.74 Å². The maximum Gasteiger partial charge on any atom is 0.255 e. The highest BCUT2D eigenvalue weighted by Gasteiger charge is 2.20. The Morgan fingerprint density at radius 1 is 1.69 bits per heavy atom. The minimum Gasteiger partial charge on any atom is -0.383 e. The SMILES string of the molecule is CCN(C(=O)c1csc(Br)c1)C(C)COC. The molecule has 0 aliphatic carbocycles. The molecule has 0 aliphatic rings. The van der Waals surface area contributed by atoms with Crippen LogP contribution in [-0.4, -0.2) is 37.1 Å². The van der Waals surface area contributed by atoms with Crippen LogP contribution in [0.4, 0.5) is 0 Å². The van der Waals surface area contributed by atoms with E-state index < -0.39 is 0 Å². The van der Waals surface area contributed by atoms with E-state index >= 15 is 0 Å². The predicted molar refractivity (Wildman–Crippen MR) is 70.1 cm³/mol. The average molecular weight is 306 g/mol. The van der Waals surface area contributed by atoms with Gasteiger partial charge in [0.25, 0.3) is 5.91 Å². The van der Waals surface area contributed by atoms with Crippen LogP contribution in [0.15, 0.2) is 15.2 Å². The molecule has 1 aromatic heterocycles. The van der Waals surface area contributed by atoms with Gasteiger partial charge in [0.05, 0.1) is 22.0 Å². The van der Waals surface area contributed by atoms with E-state index in [2.05, 4.69) is 15.9 Å². The molecule has 1 rings (SSSR count). The fourth-order valence-electron chi connectivity index (χ4n) is 1.57. The lowest BCUT2D eigenvalue weighted by Crippen LogP contribution is -2.40. The Hall–Kier alpha value is -0.390. The van der Waals surface area contributed by atoms with E-state index in [1.165, 1.54) is 11.3 Å². The lowest BCUT2D eigenvalue weighted by Gasteiger charge is -2.27. The summed E-state index contributed by atoms with van der Waals surface area (Å²) in [5, 5.41) is 1.87. The number of methoxy groups -OCH3 is 1. The van der Waals surface area contributed by atoms with Crippen molar-refractivity contribution in [3.05, 3.63) is 20.8 Å². The molecule has 0 spiro atoms. The van der Waals surface area contributed by atoms with Gasteiger partial charge in [0.1, 0.15) is 0 Å². The number of halogens is 1. The number of likely N-dealkylation sites (N-methyl/N-ethyl adjacent to an activating group) is 1. The number of hydrogen-bond acceptors (Lipinski definition) is 3. The van der Waals surface area contributed by atoms with Gasteiger partial charge in [-0.05, 0) is 35.8 Å². The van der Waals surface area contributed by atoms with Crippen LogP contribution >= 0.6 is 27.3 Å². The molecule has 0 saturated heterocycles. The lowest BCUT2D eigenvalue weighted by molar-refractivity contribution is 0.0580. The first-order valence-corrected chi connectivity index (χ1v) is 6.81. The summed E-state index contributed by atoms with van der Waals surface area (Å²) in [4.78, 5) is 14.0. The van der Waals surface area contributed by atoms with Crippen LogP contribution in [0, 0.1) is 0 Å². The zero-order valence-electron chi connectivity index (χ0n) is 9.70. The minimum atomic E-state index is 0.0639. The average Bonchev–Trinajstić information content (AvgIpc) is 2.66. The van der Waals surface area contributed by atoms with Gasteiger partial charge in [-0.3, -0.25) is 4.79 Å². The van der Waals surface area contributed by atoms with Gasteiger partial charge in [-0.1, -0.05) is 0 Å². The zero-order valence-corrected chi connectivity index (χ0v) is 12.1. The van der Waals surface area contributed by atoms with Crippen molar-refractivity contribution in [1.29, 1.82) is 0 Å². The maximum absolute atomic E-state index is 12.2. The van der Waals surface area contributed by atoms with Gasteiger partial charge in [-0.15, -0.1) is 11.3 Å². The summed E-state index contributed by atoms with van der Waals surface area (Å²) >= 11 is 4.89. The second-order valence-electron chi connectivity index (χ2n) is 3.54. The second-order valence-corrected chi connectivity index (χ2v) is 5.83. The Balaban J connectivity index is 2.77. The summed E-state index contributed by atoms with van der Waals surface area (Å²) < 4.78 is 6.06. The van der Waals surface area contributed by atoms with E-state index in [4.69, 9.17) is 4.74 Å². The Kier molecular flexibility index (Phi) is 5.44. The summed E-state index contributed by atoms with van der Waals surface area (Å²) in [6.45, 7) is 5.22. The molecule has 0 aromatic carbocycles. The Morgan fingerprint density at radius 3 is 2.81 bits per heavy atom. The van der Waals surface area contributed by atoms with Crippen molar-refractivity contribution in [1.82, 2.24) is 4.90 Å². The highest BCUT2D eigenvalue weighted by atomic mass is 79.9. The van der Waals surface area contributed by atoms with Crippen LogP contribution in [0.3, 0.4) is 0 Å². The lowest BCUT2D eigenvalue weighted by atomic mass is 10.2. The Bertz CT molecular complexity index is 354. The van der Waals surface area contributed by atoms with Crippen molar-refractivity contribution in [2.24, 2.45) is 0 Å². The van der Waals surface area contributed by atoms with Crippen molar-refractivity contribution in [2.45, 2.75) is 19.9 Å². The Morgan fingerprint density at radius 2 is 2.38 bits per heavy atom. The highest BCUT2D eigenvalue weighted by molar-refractivity contribution is 9.11. The minimum absolute atomic E-state index is 0.0639. The molecule has 1 heterocycles. The van der Waals surface area contributed by atoms with Crippen LogP contribution < -0.4 is 0 Å². The smallest absolute Gasteiger partial charge is 0.255 e. The molecule has 5 heteroatoms. The number of hydrogen-bond donors (Lipinski definition) is 0. The van der Waals surface area contributed by atoms with Crippen LogP contribution in [0.2, 0.25) is 0 Å². The summed E-state index contributed by atoms with van der Waals surface area (Å²) in [7, 11) is 1.65. The molecule has 1 atom stereocenters. The van der Waals surface area contributed by atoms with Gasteiger partial charge in [-0.25, -0.2) is 0 Å². The van der Waals surface area contributed by atoms with Crippen molar-refractivity contribution >= 4 is 33.2 Å². The summed E-state index contributed by atoms with van der Waals surface area (Å²) in [5.74, 6) is 0.0639. The standard InChI is InChI=1S/C11H16BrNO2S/c1-4-13(8(2)6-15-3)11(14)9-5-10(12)16-7-9/h5,7-8H,4,6H2,1-3H3. The first kappa shape index (κ1) is 13.7. The van der Waals surface area contributed by atoms with Crippen molar-refractivity contribution < 1.29 is 9.53 Å². The van der Waals surface area contributed by atoms with Crippen molar-refractivity contribution in [3.8, 4) is 0 Å².